The molecule has 1 fully saturated rings. The quantitative estimate of drug-likeness (QED) is 0.829. The van der Waals surface area contributed by atoms with Crippen LogP contribution >= 0.6 is 0 Å². The van der Waals surface area contributed by atoms with Crippen LogP contribution < -0.4 is 5.32 Å². The molecule has 2 rings (SSSR count). The molecule has 1 aromatic rings. The van der Waals surface area contributed by atoms with Crippen molar-refractivity contribution in [3.8, 4) is 0 Å². The molecule has 2 heterocycles. The Morgan fingerprint density at radius 1 is 1.29 bits per heavy atom. The zero-order valence-electron chi connectivity index (χ0n) is 14.2. The van der Waals surface area contributed by atoms with E-state index in [9.17, 15) is 0 Å². The Morgan fingerprint density at radius 3 is 2.52 bits per heavy atom. The highest BCUT2D eigenvalue weighted by molar-refractivity contribution is 5.22. The fraction of sp³-hybridized carbons (Fsp3) is 0.722. The van der Waals surface area contributed by atoms with E-state index >= 15 is 0 Å². The number of likely N-dealkylation sites (tertiary alicyclic amines) is 1. The maximum absolute atomic E-state index is 4.52. The average molecular weight is 289 g/mol. The van der Waals surface area contributed by atoms with Gasteiger partial charge < -0.3 is 5.32 Å². The number of rotatable bonds is 7. The lowest BCUT2D eigenvalue weighted by molar-refractivity contribution is 0.0838. The van der Waals surface area contributed by atoms with Gasteiger partial charge in [-0.3, -0.25) is 9.88 Å². The molecule has 1 aromatic heterocycles. The summed E-state index contributed by atoms with van der Waals surface area (Å²) in [6.45, 7) is 12.5. The molecule has 0 saturated carbocycles. The molecule has 1 saturated heterocycles. The Morgan fingerprint density at radius 2 is 2.00 bits per heavy atom. The first-order valence-electron chi connectivity index (χ1n) is 8.52. The SMILES string of the molecule is CCCNC(c1ccc(C)nc1)C(C)(CC)N1CCCC1. The minimum absolute atomic E-state index is 0.169. The zero-order valence-corrected chi connectivity index (χ0v) is 14.2. The van der Waals surface area contributed by atoms with Crippen LogP contribution in [0, 0.1) is 6.92 Å². The van der Waals surface area contributed by atoms with E-state index in [1.165, 1.54) is 31.5 Å². The Kier molecular flexibility index (Phi) is 5.77. The fourth-order valence-corrected chi connectivity index (χ4v) is 3.47. The van der Waals surface area contributed by atoms with Crippen LogP contribution in [0.2, 0.25) is 0 Å². The second kappa shape index (κ2) is 7.37. The van der Waals surface area contributed by atoms with E-state index in [0.717, 1.165) is 25.1 Å². The third-order valence-electron chi connectivity index (χ3n) is 5.03. The maximum atomic E-state index is 4.52. The van der Waals surface area contributed by atoms with E-state index < -0.39 is 0 Å². The minimum Gasteiger partial charge on any atom is -0.308 e. The topological polar surface area (TPSA) is 28.2 Å². The molecule has 2 atom stereocenters. The molecule has 1 aliphatic heterocycles. The summed E-state index contributed by atoms with van der Waals surface area (Å²) in [6, 6.07) is 4.74. The zero-order chi connectivity index (χ0) is 15.3. The lowest BCUT2D eigenvalue weighted by Crippen LogP contribution is -2.53. The van der Waals surface area contributed by atoms with Crippen molar-refractivity contribution in [1.82, 2.24) is 15.2 Å². The average Bonchev–Trinajstić information content (AvgIpc) is 3.04. The molecule has 3 heteroatoms. The second-order valence-corrected chi connectivity index (χ2v) is 6.52. The molecule has 3 nitrogen and oxygen atoms in total. The van der Waals surface area contributed by atoms with Crippen molar-refractivity contribution < 1.29 is 0 Å². The van der Waals surface area contributed by atoms with Gasteiger partial charge in [0.1, 0.15) is 0 Å². The van der Waals surface area contributed by atoms with Gasteiger partial charge in [0.25, 0.3) is 0 Å². The van der Waals surface area contributed by atoms with Crippen molar-refractivity contribution in [3.05, 3.63) is 29.6 Å². The molecule has 21 heavy (non-hydrogen) atoms. The summed E-state index contributed by atoms with van der Waals surface area (Å²) in [5.41, 5.74) is 2.58. The number of hydrogen-bond donors (Lipinski definition) is 1. The summed E-state index contributed by atoms with van der Waals surface area (Å²) in [7, 11) is 0. The molecule has 1 N–H and O–H groups in total. The van der Waals surface area contributed by atoms with E-state index in [-0.39, 0.29) is 5.54 Å². The normalized spacial score (nSPS) is 20.4. The molecule has 1 aliphatic rings. The van der Waals surface area contributed by atoms with Gasteiger partial charge in [0.05, 0.1) is 6.04 Å². The van der Waals surface area contributed by atoms with Gasteiger partial charge in [0, 0.05) is 17.4 Å². The first-order chi connectivity index (χ1) is 10.1. The van der Waals surface area contributed by atoms with Gasteiger partial charge >= 0.3 is 0 Å². The summed E-state index contributed by atoms with van der Waals surface area (Å²) in [4.78, 5) is 7.20. The lowest BCUT2D eigenvalue weighted by Gasteiger charge is -2.45. The Hall–Kier alpha value is -0.930. The van der Waals surface area contributed by atoms with Gasteiger partial charge in [-0.15, -0.1) is 0 Å². The largest absolute Gasteiger partial charge is 0.308 e. The molecule has 0 radical (unpaired) electrons. The van der Waals surface area contributed by atoms with E-state index in [0.29, 0.717) is 6.04 Å². The van der Waals surface area contributed by atoms with Crippen molar-refractivity contribution in [2.75, 3.05) is 19.6 Å². The molecular weight excluding hydrogens is 258 g/mol. The number of nitrogens with zero attached hydrogens (tertiary/aromatic N) is 2. The van der Waals surface area contributed by atoms with Crippen LogP contribution in [0.25, 0.3) is 0 Å². The molecule has 118 valence electrons. The molecule has 0 aliphatic carbocycles. The van der Waals surface area contributed by atoms with E-state index in [2.05, 4.69) is 61.2 Å². The number of aromatic nitrogens is 1. The van der Waals surface area contributed by atoms with Crippen LogP contribution in [0.15, 0.2) is 18.3 Å². The van der Waals surface area contributed by atoms with Crippen molar-refractivity contribution in [1.29, 1.82) is 0 Å². The van der Waals surface area contributed by atoms with Crippen LogP contribution in [0.4, 0.5) is 0 Å². The van der Waals surface area contributed by atoms with Crippen LogP contribution in [0.1, 0.15) is 63.8 Å². The van der Waals surface area contributed by atoms with Gasteiger partial charge in [-0.2, -0.15) is 0 Å². The lowest BCUT2D eigenvalue weighted by atomic mass is 9.83. The standard InChI is InChI=1S/C18H31N3/c1-5-11-19-17(16-10-9-15(3)20-14-16)18(4,6-2)21-12-7-8-13-21/h9-10,14,17,19H,5-8,11-13H2,1-4H3. The molecule has 0 bridgehead atoms. The highest BCUT2D eigenvalue weighted by Gasteiger charge is 2.39. The van der Waals surface area contributed by atoms with Gasteiger partial charge in [0.15, 0.2) is 0 Å². The number of hydrogen-bond acceptors (Lipinski definition) is 3. The van der Waals surface area contributed by atoms with Gasteiger partial charge in [-0.05, 0) is 70.8 Å². The number of nitrogens with one attached hydrogen (secondary N) is 1. The molecular formula is C18H31N3. The van der Waals surface area contributed by atoms with E-state index in [1.54, 1.807) is 0 Å². The predicted octanol–water partition coefficient (Wildman–Crippen LogP) is 3.70. The summed E-state index contributed by atoms with van der Waals surface area (Å²) >= 11 is 0. The third-order valence-corrected chi connectivity index (χ3v) is 5.03. The molecule has 0 amide bonds. The predicted molar refractivity (Wildman–Crippen MR) is 89.5 cm³/mol. The van der Waals surface area contributed by atoms with Crippen molar-refractivity contribution in [3.63, 3.8) is 0 Å². The van der Waals surface area contributed by atoms with Gasteiger partial charge in [-0.1, -0.05) is 19.9 Å². The minimum atomic E-state index is 0.169. The van der Waals surface area contributed by atoms with Gasteiger partial charge in [-0.25, -0.2) is 0 Å². The Balaban J connectivity index is 2.29. The number of pyridine rings is 1. The summed E-state index contributed by atoms with van der Waals surface area (Å²) in [5.74, 6) is 0. The van der Waals surface area contributed by atoms with Crippen molar-refractivity contribution >= 4 is 0 Å². The van der Waals surface area contributed by atoms with E-state index in [1.807, 2.05) is 0 Å². The fourth-order valence-electron chi connectivity index (χ4n) is 3.47. The third kappa shape index (κ3) is 3.64. The highest BCUT2D eigenvalue weighted by Crippen LogP contribution is 2.36. The summed E-state index contributed by atoms with van der Waals surface area (Å²) < 4.78 is 0. The first kappa shape index (κ1) is 16.4. The smallest absolute Gasteiger partial charge is 0.0519 e. The monoisotopic (exact) mass is 289 g/mol. The summed E-state index contributed by atoms with van der Waals surface area (Å²) in [5, 5.41) is 3.79. The Labute approximate surface area is 130 Å². The van der Waals surface area contributed by atoms with Crippen LogP contribution in [0.5, 0.6) is 0 Å². The van der Waals surface area contributed by atoms with Gasteiger partial charge in [0.2, 0.25) is 0 Å². The highest BCUT2D eigenvalue weighted by atomic mass is 15.2. The first-order valence-corrected chi connectivity index (χ1v) is 8.52. The summed E-state index contributed by atoms with van der Waals surface area (Å²) in [6.07, 6.45) is 7.05. The van der Waals surface area contributed by atoms with Crippen molar-refractivity contribution in [2.24, 2.45) is 0 Å². The molecule has 2 unspecified atom stereocenters. The van der Waals surface area contributed by atoms with Crippen LogP contribution in [-0.4, -0.2) is 35.1 Å². The second-order valence-electron chi connectivity index (χ2n) is 6.52. The maximum Gasteiger partial charge on any atom is 0.0519 e. The Bertz CT molecular complexity index is 423. The van der Waals surface area contributed by atoms with Crippen molar-refractivity contribution in [2.45, 2.75) is 65.0 Å². The van der Waals surface area contributed by atoms with Crippen LogP contribution in [-0.2, 0) is 0 Å². The van der Waals surface area contributed by atoms with E-state index in [4.69, 9.17) is 0 Å². The van der Waals surface area contributed by atoms with Crippen LogP contribution in [0.3, 0.4) is 0 Å². The number of aryl methyl sites for hydroxylation is 1. The molecule has 0 spiro atoms. The molecule has 0 aromatic carbocycles.